The molecule has 0 unspecified atom stereocenters. The van der Waals surface area contributed by atoms with Gasteiger partial charge in [0.1, 0.15) is 17.3 Å². The van der Waals surface area contributed by atoms with Crippen LogP contribution in [0, 0.1) is 11.6 Å². The molecule has 11 heteroatoms. The molecular weight excluding hydrogens is 394 g/mol. The molecule has 0 aliphatic carbocycles. The van der Waals surface area contributed by atoms with Crippen LogP contribution in [0.1, 0.15) is 13.8 Å². The van der Waals surface area contributed by atoms with E-state index in [1.807, 2.05) is 0 Å². The molecule has 1 fully saturated rings. The number of piperazine rings is 1. The van der Waals surface area contributed by atoms with Gasteiger partial charge in [-0.3, -0.25) is 14.7 Å². The van der Waals surface area contributed by atoms with Gasteiger partial charge < -0.3 is 4.90 Å². The highest BCUT2D eigenvalue weighted by Gasteiger charge is 2.30. The minimum atomic E-state index is -3.39. The maximum atomic E-state index is 13.4. The first-order valence-corrected chi connectivity index (χ1v) is 10.2. The van der Waals surface area contributed by atoms with Gasteiger partial charge in [-0.15, -0.1) is 0 Å². The highest BCUT2D eigenvalue weighted by Crippen LogP contribution is 2.16. The third-order valence-electron chi connectivity index (χ3n) is 4.60. The Morgan fingerprint density at radius 1 is 1.00 bits per heavy atom. The number of sulfonamides is 1. The topological polar surface area (TPSA) is 95.5 Å². The molecule has 152 valence electrons. The summed E-state index contributed by atoms with van der Waals surface area (Å²) >= 11 is 0. The van der Waals surface area contributed by atoms with Crippen molar-refractivity contribution in [3.63, 3.8) is 0 Å². The molecule has 0 bridgehead atoms. The molecule has 0 radical (unpaired) electrons. The smallest absolute Gasteiger partial charge is 0.319 e. The highest BCUT2D eigenvalue weighted by molar-refractivity contribution is 7.89. The first-order valence-electron chi connectivity index (χ1n) is 8.66. The Balaban J connectivity index is 1.87. The zero-order valence-corrected chi connectivity index (χ0v) is 16.2. The van der Waals surface area contributed by atoms with Crippen LogP contribution in [0.3, 0.4) is 0 Å². The van der Waals surface area contributed by atoms with Crippen molar-refractivity contribution in [1.29, 1.82) is 0 Å². The van der Waals surface area contributed by atoms with Crippen molar-refractivity contribution in [2.75, 3.05) is 31.1 Å². The van der Waals surface area contributed by atoms with E-state index in [0.717, 1.165) is 16.8 Å². The molecule has 28 heavy (non-hydrogen) atoms. The molecule has 1 aliphatic rings. The molecule has 0 spiro atoms. The zero-order chi connectivity index (χ0) is 20.6. The molecule has 1 aromatic carbocycles. The van der Waals surface area contributed by atoms with Crippen molar-refractivity contribution in [3.8, 4) is 5.69 Å². The lowest BCUT2D eigenvalue weighted by Gasteiger charge is -2.35. The van der Waals surface area contributed by atoms with Crippen LogP contribution in [-0.4, -0.2) is 53.9 Å². The normalized spacial score (nSPS) is 16.0. The number of rotatable bonds is 4. The molecule has 1 N–H and O–H groups in total. The van der Waals surface area contributed by atoms with E-state index in [2.05, 4.69) is 5.10 Å². The Morgan fingerprint density at radius 3 is 2.11 bits per heavy atom. The number of nitrogens with zero attached hydrogens (tertiary/aromatic N) is 3. The van der Waals surface area contributed by atoms with Crippen molar-refractivity contribution in [2.45, 2.75) is 19.1 Å². The second-order valence-corrected chi connectivity index (χ2v) is 9.22. The second-order valence-electron chi connectivity index (χ2n) is 6.74. The average Bonchev–Trinajstić information content (AvgIpc) is 2.63. The summed E-state index contributed by atoms with van der Waals surface area (Å²) in [6.07, 6.45) is 1.28. The summed E-state index contributed by atoms with van der Waals surface area (Å²) in [5.41, 5.74) is -1.89. The number of nitrogens with one attached hydrogen (secondary N) is 1. The van der Waals surface area contributed by atoms with Gasteiger partial charge in [-0.2, -0.15) is 4.31 Å². The van der Waals surface area contributed by atoms with Crippen LogP contribution in [0.15, 0.2) is 34.0 Å². The van der Waals surface area contributed by atoms with Gasteiger partial charge in [0.05, 0.1) is 10.9 Å². The molecule has 8 nitrogen and oxygen atoms in total. The lowest BCUT2D eigenvalue weighted by atomic mass is 10.3. The van der Waals surface area contributed by atoms with E-state index < -0.39 is 37.9 Å². The lowest BCUT2D eigenvalue weighted by Crippen LogP contribution is -2.52. The average molecular weight is 414 g/mol. The Labute approximate surface area is 160 Å². The van der Waals surface area contributed by atoms with E-state index in [1.54, 1.807) is 18.7 Å². The molecule has 0 atom stereocenters. The minimum Gasteiger partial charge on any atom is -0.364 e. The predicted molar refractivity (Wildman–Crippen MR) is 100 cm³/mol. The highest BCUT2D eigenvalue weighted by atomic mass is 32.2. The number of halogens is 2. The van der Waals surface area contributed by atoms with Gasteiger partial charge in [0.15, 0.2) is 0 Å². The summed E-state index contributed by atoms with van der Waals surface area (Å²) in [5.74, 6) is -1.76. The minimum absolute atomic E-state index is 0.0831. The van der Waals surface area contributed by atoms with Crippen molar-refractivity contribution in [2.24, 2.45) is 0 Å². The van der Waals surface area contributed by atoms with Crippen molar-refractivity contribution >= 4 is 15.7 Å². The monoisotopic (exact) mass is 414 g/mol. The first-order chi connectivity index (χ1) is 13.1. The first kappa shape index (κ1) is 20.2. The van der Waals surface area contributed by atoms with E-state index in [9.17, 15) is 26.8 Å². The maximum absolute atomic E-state index is 13.4. The SMILES string of the molecule is CC(C)S(=O)(=O)N1CCN(c2c[nH]n(-c3cc(F)cc(F)c3)c(=O)c2=O)CC1. The molecule has 1 aromatic heterocycles. The van der Waals surface area contributed by atoms with E-state index >= 15 is 0 Å². The van der Waals surface area contributed by atoms with Gasteiger partial charge in [0, 0.05) is 38.4 Å². The number of benzene rings is 1. The fraction of sp³-hybridized carbons (Fsp3) is 0.412. The third-order valence-corrected chi connectivity index (χ3v) is 6.88. The van der Waals surface area contributed by atoms with Crippen molar-refractivity contribution in [1.82, 2.24) is 14.1 Å². The fourth-order valence-corrected chi connectivity index (χ4v) is 4.31. The second kappa shape index (κ2) is 7.47. The van der Waals surface area contributed by atoms with E-state index in [4.69, 9.17) is 0 Å². The maximum Gasteiger partial charge on any atom is 0.319 e. The Bertz CT molecular complexity index is 1080. The van der Waals surface area contributed by atoms with Crippen molar-refractivity contribution in [3.05, 3.63) is 56.6 Å². The number of aromatic amines is 1. The Hall–Kier alpha value is -2.53. The molecular formula is C17H20F2N4O4S. The molecule has 0 saturated carbocycles. The van der Waals surface area contributed by atoms with Crippen LogP contribution in [0.5, 0.6) is 0 Å². The van der Waals surface area contributed by atoms with Gasteiger partial charge in [-0.05, 0) is 26.0 Å². The number of H-pyrrole nitrogens is 1. The largest absolute Gasteiger partial charge is 0.364 e. The standard InChI is InChI=1S/C17H20F2N4O4S/c1-11(2)28(26,27)22-5-3-21(4-6-22)15-10-20-23(17(25)16(15)24)14-8-12(18)7-13(19)9-14/h7-11,20H,3-6H2,1-2H3. The number of hydrogen-bond acceptors (Lipinski definition) is 5. The van der Waals surface area contributed by atoms with Crippen LogP contribution in [0.4, 0.5) is 14.5 Å². The van der Waals surface area contributed by atoms with Crippen LogP contribution in [0.25, 0.3) is 5.69 Å². The predicted octanol–water partition coefficient (Wildman–Crippen LogP) is 0.664. The zero-order valence-electron chi connectivity index (χ0n) is 15.4. The van der Waals surface area contributed by atoms with Crippen LogP contribution in [-0.2, 0) is 10.0 Å². The molecule has 3 rings (SSSR count). The molecule has 1 aliphatic heterocycles. The van der Waals surface area contributed by atoms with E-state index in [0.29, 0.717) is 6.07 Å². The Kier molecular flexibility index (Phi) is 5.39. The van der Waals surface area contributed by atoms with Crippen LogP contribution < -0.4 is 15.9 Å². The Morgan fingerprint density at radius 2 is 1.57 bits per heavy atom. The summed E-state index contributed by atoms with van der Waals surface area (Å²) in [7, 11) is -3.39. The van der Waals surface area contributed by atoms with E-state index in [1.165, 1.54) is 10.5 Å². The molecule has 2 aromatic rings. The summed E-state index contributed by atoms with van der Waals surface area (Å²) < 4.78 is 53.4. The molecule has 2 heterocycles. The summed E-state index contributed by atoms with van der Waals surface area (Å²) in [4.78, 5) is 26.5. The number of anilines is 1. The summed E-state index contributed by atoms with van der Waals surface area (Å²) in [6.45, 7) is 4.07. The van der Waals surface area contributed by atoms with Gasteiger partial charge in [-0.25, -0.2) is 21.9 Å². The molecule has 1 saturated heterocycles. The van der Waals surface area contributed by atoms with E-state index in [-0.39, 0.29) is 37.6 Å². The van der Waals surface area contributed by atoms with Crippen LogP contribution in [0.2, 0.25) is 0 Å². The quantitative estimate of drug-likeness (QED) is 0.742. The van der Waals surface area contributed by atoms with Gasteiger partial charge >= 0.3 is 5.56 Å². The van der Waals surface area contributed by atoms with Gasteiger partial charge in [-0.1, -0.05) is 0 Å². The summed E-state index contributed by atoms with van der Waals surface area (Å²) in [6, 6.07) is 2.51. The fourth-order valence-electron chi connectivity index (χ4n) is 3.04. The lowest BCUT2D eigenvalue weighted by molar-refractivity contribution is 0.380. The molecule has 0 amide bonds. The number of aromatic nitrogens is 2. The van der Waals surface area contributed by atoms with Gasteiger partial charge in [0.25, 0.3) is 5.43 Å². The summed E-state index contributed by atoms with van der Waals surface area (Å²) in [5, 5.41) is 2.03. The van der Waals surface area contributed by atoms with Crippen molar-refractivity contribution < 1.29 is 17.2 Å². The number of hydrogen-bond donors (Lipinski definition) is 1. The van der Waals surface area contributed by atoms with Crippen LogP contribution >= 0.6 is 0 Å². The third kappa shape index (κ3) is 3.72. The van der Waals surface area contributed by atoms with Gasteiger partial charge in [0.2, 0.25) is 10.0 Å².